The SMILES string of the molecule is C=CC(=O)Oc1ccc(N(c2ccc(C)cc2)c2ccc(C=Cc3ccc(C=Cc4ccc(N(c5ccc(OC(=O)C=C)cc5)c5ccc(C)c(C)c5)cc4)cc3)cc2)cc1. The first-order chi connectivity index (χ1) is 29.6. The minimum Gasteiger partial charge on any atom is -0.423 e. The molecular weight excluding hydrogens is 753 g/mol. The summed E-state index contributed by atoms with van der Waals surface area (Å²) in [6.07, 6.45) is 10.8. The fraction of sp³-hybridized carbons (Fsp3) is 0.0545. The fourth-order valence-electron chi connectivity index (χ4n) is 6.67. The van der Waals surface area contributed by atoms with Crippen LogP contribution >= 0.6 is 0 Å². The molecule has 0 fully saturated rings. The molecule has 0 N–H and O–H groups in total. The third-order valence-corrected chi connectivity index (χ3v) is 10.2. The van der Waals surface area contributed by atoms with Crippen LogP contribution in [0.4, 0.5) is 34.1 Å². The zero-order valence-corrected chi connectivity index (χ0v) is 34.5. The Morgan fingerprint density at radius 3 is 1.03 bits per heavy atom. The van der Waals surface area contributed by atoms with E-state index >= 15 is 0 Å². The van der Waals surface area contributed by atoms with Gasteiger partial charge in [-0.15, -0.1) is 0 Å². The van der Waals surface area contributed by atoms with Gasteiger partial charge >= 0.3 is 11.9 Å². The van der Waals surface area contributed by atoms with Gasteiger partial charge in [-0.1, -0.05) is 110 Å². The van der Waals surface area contributed by atoms with E-state index in [1.54, 1.807) is 24.3 Å². The average molecular weight is 799 g/mol. The van der Waals surface area contributed by atoms with E-state index < -0.39 is 11.9 Å². The van der Waals surface area contributed by atoms with E-state index in [1.807, 2.05) is 24.3 Å². The summed E-state index contributed by atoms with van der Waals surface area (Å²) in [6, 6.07) is 55.1. The lowest BCUT2D eigenvalue weighted by Crippen LogP contribution is -2.10. The molecule has 0 aliphatic heterocycles. The standard InChI is InChI=1S/C55H46N2O4/c1-6-54(58)60-52-34-30-49(31-35-52)56(46-23-8-39(3)9-24-46)47-26-19-44(20-27-47)17-15-42-11-13-43(14-12-42)16-18-45-21-28-48(29-22-45)57(51-25-10-40(4)41(5)38-51)50-32-36-53(37-33-50)61-55(59)7-2/h6-38H,1-2H2,3-5H3. The Labute approximate surface area is 358 Å². The lowest BCUT2D eigenvalue weighted by Gasteiger charge is -2.26. The summed E-state index contributed by atoms with van der Waals surface area (Å²) in [5.41, 5.74) is 13.9. The minimum absolute atomic E-state index is 0.460. The molecule has 0 heterocycles. The number of aryl methyl sites for hydroxylation is 3. The van der Waals surface area contributed by atoms with Crippen molar-refractivity contribution in [2.24, 2.45) is 0 Å². The van der Waals surface area contributed by atoms with E-state index in [4.69, 9.17) is 9.47 Å². The monoisotopic (exact) mass is 798 g/mol. The molecule has 0 radical (unpaired) electrons. The van der Waals surface area contributed by atoms with E-state index in [9.17, 15) is 9.59 Å². The summed E-state index contributed by atoms with van der Waals surface area (Å²) in [6.45, 7) is 13.3. The quantitative estimate of drug-likeness (QED) is 0.0473. The van der Waals surface area contributed by atoms with Crippen LogP contribution in [-0.2, 0) is 9.59 Å². The summed E-state index contributed by atoms with van der Waals surface area (Å²) in [5.74, 6) is -0.0641. The van der Waals surface area contributed by atoms with Gasteiger partial charge < -0.3 is 19.3 Å². The molecule has 0 atom stereocenters. The van der Waals surface area contributed by atoms with Crippen LogP contribution in [0.15, 0.2) is 189 Å². The van der Waals surface area contributed by atoms with E-state index in [0.29, 0.717) is 11.5 Å². The molecule has 7 aromatic rings. The van der Waals surface area contributed by atoms with Crippen molar-refractivity contribution >= 4 is 70.4 Å². The first-order valence-corrected chi connectivity index (χ1v) is 19.9. The van der Waals surface area contributed by atoms with Crippen LogP contribution in [0.2, 0.25) is 0 Å². The van der Waals surface area contributed by atoms with Gasteiger partial charge in [-0.05, 0) is 151 Å². The second-order valence-electron chi connectivity index (χ2n) is 14.5. The van der Waals surface area contributed by atoms with Crippen molar-refractivity contribution in [1.29, 1.82) is 0 Å². The van der Waals surface area contributed by atoms with E-state index in [1.165, 1.54) is 16.7 Å². The molecule has 6 heteroatoms. The second kappa shape index (κ2) is 19.2. The van der Waals surface area contributed by atoms with Crippen molar-refractivity contribution in [1.82, 2.24) is 0 Å². The van der Waals surface area contributed by atoms with Gasteiger partial charge in [0.25, 0.3) is 0 Å². The zero-order chi connectivity index (χ0) is 42.7. The lowest BCUT2D eigenvalue weighted by molar-refractivity contribution is -0.129. The van der Waals surface area contributed by atoms with Gasteiger partial charge in [0.2, 0.25) is 0 Å². The van der Waals surface area contributed by atoms with Crippen molar-refractivity contribution in [2.45, 2.75) is 20.8 Å². The van der Waals surface area contributed by atoms with Crippen LogP contribution in [0.3, 0.4) is 0 Å². The molecule has 7 aromatic carbocycles. The van der Waals surface area contributed by atoms with Crippen LogP contribution in [0, 0.1) is 20.8 Å². The van der Waals surface area contributed by atoms with Gasteiger partial charge in [-0.3, -0.25) is 0 Å². The van der Waals surface area contributed by atoms with Crippen LogP contribution in [-0.4, -0.2) is 11.9 Å². The van der Waals surface area contributed by atoms with Crippen molar-refractivity contribution in [2.75, 3.05) is 9.80 Å². The largest absolute Gasteiger partial charge is 0.423 e. The van der Waals surface area contributed by atoms with Crippen molar-refractivity contribution in [3.05, 3.63) is 228 Å². The highest BCUT2D eigenvalue weighted by Gasteiger charge is 2.15. The number of rotatable bonds is 14. The summed E-state index contributed by atoms with van der Waals surface area (Å²) in [5, 5.41) is 0. The minimum atomic E-state index is -0.493. The molecule has 0 saturated carbocycles. The second-order valence-corrected chi connectivity index (χ2v) is 14.5. The third kappa shape index (κ3) is 10.6. The highest BCUT2D eigenvalue weighted by molar-refractivity contribution is 5.85. The van der Waals surface area contributed by atoms with Crippen molar-refractivity contribution in [3.8, 4) is 11.5 Å². The number of hydrogen-bond acceptors (Lipinski definition) is 6. The van der Waals surface area contributed by atoms with Crippen molar-refractivity contribution in [3.63, 3.8) is 0 Å². The predicted octanol–water partition coefficient (Wildman–Crippen LogP) is 14.1. The van der Waals surface area contributed by atoms with Crippen molar-refractivity contribution < 1.29 is 19.1 Å². The first kappa shape index (κ1) is 41.2. The number of hydrogen-bond donors (Lipinski definition) is 0. The van der Waals surface area contributed by atoms with Crippen LogP contribution in [0.25, 0.3) is 24.3 Å². The molecule has 0 aliphatic carbocycles. The molecule has 61 heavy (non-hydrogen) atoms. The molecule has 300 valence electrons. The molecule has 6 nitrogen and oxygen atoms in total. The van der Waals surface area contributed by atoms with Crippen LogP contribution < -0.4 is 19.3 Å². The van der Waals surface area contributed by atoms with Gasteiger partial charge in [0.1, 0.15) is 11.5 Å². The molecular formula is C55H46N2O4. The van der Waals surface area contributed by atoms with Gasteiger partial charge in [-0.25, -0.2) is 9.59 Å². The summed E-state index contributed by atoms with van der Waals surface area (Å²) in [4.78, 5) is 27.8. The number of benzene rings is 7. The Kier molecular flexibility index (Phi) is 13.0. The van der Waals surface area contributed by atoms with E-state index in [2.05, 4.69) is 183 Å². The number of carbonyl (C=O) groups is 2. The number of esters is 2. The molecule has 0 aliphatic rings. The Bertz CT molecular complexity index is 2690. The van der Waals surface area contributed by atoms with Gasteiger partial charge in [0.15, 0.2) is 0 Å². The number of nitrogens with zero attached hydrogens (tertiary/aromatic N) is 2. The highest BCUT2D eigenvalue weighted by atomic mass is 16.5. The van der Waals surface area contributed by atoms with Gasteiger partial charge in [0, 0.05) is 46.3 Å². The fourth-order valence-corrected chi connectivity index (χ4v) is 6.67. The molecule has 7 rings (SSSR count). The lowest BCUT2D eigenvalue weighted by atomic mass is 10.1. The average Bonchev–Trinajstić information content (AvgIpc) is 3.29. The van der Waals surface area contributed by atoms with E-state index in [0.717, 1.165) is 68.5 Å². The third-order valence-electron chi connectivity index (χ3n) is 10.2. The highest BCUT2D eigenvalue weighted by Crippen LogP contribution is 2.38. The molecule has 0 unspecified atom stereocenters. The van der Waals surface area contributed by atoms with Crippen LogP contribution in [0.5, 0.6) is 11.5 Å². The number of ether oxygens (including phenoxy) is 2. The molecule has 0 bridgehead atoms. The maximum absolute atomic E-state index is 11.7. The van der Waals surface area contributed by atoms with Gasteiger partial charge in [-0.2, -0.15) is 0 Å². The number of anilines is 6. The molecule has 0 amide bonds. The normalized spacial score (nSPS) is 11.0. The Morgan fingerprint density at radius 2 is 0.689 bits per heavy atom. The smallest absolute Gasteiger partial charge is 0.335 e. The predicted molar refractivity (Wildman–Crippen MR) is 252 cm³/mol. The molecule has 0 aromatic heterocycles. The maximum atomic E-state index is 11.7. The zero-order valence-electron chi connectivity index (χ0n) is 34.5. The first-order valence-electron chi connectivity index (χ1n) is 19.9. The summed E-state index contributed by atoms with van der Waals surface area (Å²) < 4.78 is 10.6. The number of carbonyl (C=O) groups excluding carboxylic acids is 2. The Balaban J connectivity index is 1.02. The van der Waals surface area contributed by atoms with Crippen LogP contribution in [0.1, 0.15) is 38.9 Å². The Hall–Kier alpha value is -7.96. The summed E-state index contributed by atoms with van der Waals surface area (Å²) >= 11 is 0. The Morgan fingerprint density at radius 1 is 0.393 bits per heavy atom. The molecule has 0 spiro atoms. The van der Waals surface area contributed by atoms with Gasteiger partial charge in [0.05, 0.1) is 0 Å². The molecule has 0 saturated heterocycles. The topological polar surface area (TPSA) is 59.1 Å². The van der Waals surface area contributed by atoms with E-state index in [-0.39, 0.29) is 0 Å². The maximum Gasteiger partial charge on any atom is 0.335 e. The summed E-state index contributed by atoms with van der Waals surface area (Å²) in [7, 11) is 0.